The van der Waals surface area contributed by atoms with Gasteiger partial charge >= 0.3 is 6.18 Å². The van der Waals surface area contributed by atoms with Crippen molar-refractivity contribution in [3.8, 4) is 0 Å². The maximum atomic E-state index is 12.7. The van der Waals surface area contributed by atoms with Gasteiger partial charge in [0.25, 0.3) is 0 Å². The second-order valence-electron chi connectivity index (χ2n) is 4.83. The Morgan fingerprint density at radius 1 is 1.35 bits per heavy atom. The predicted molar refractivity (Wildman–Crippen MR) is 70.7 cm³/mol. The minimum Gasteiger partial charge on any atom is -0.374 e. The highest BCUT2D eigenvalue weighted by molar-refractivity contribution is 6.31. The highest BCUT2D eigenvalue weighted by Gasteiger charge is 2.32. The summed E-state index contributed by atoms with van der Waals surface area (Å²) in [6.45, 7) is 0.667. The van der Waals surface area contributed by atoms with Crippen LogP contribution in [0.15, 0.2) is 18.2 Å². The van der Waals surface area contributed by atoms with E-state index < -0.39 is 17.8 Å². The monoisotopic (exact) mass is 306 g/mol. The lowest BCUT2D eigenvalue weighted by atomic mass is 10.0. The van der Waals surface area contributed by atoms with Crippen LogP contribution in [0.2, 0.25) is 5.02 Å². The van der Waals surface area contributed by atoms with Crippen molar-refractivity contribution in [2.24, 2.45) is 0 Å². The lowest BCUT2D eigenvalue weighted by molar-refractivity contribution is -0.137. The third-order valence-corrected chi connectivity index (χ3v) is 3.44. The fraction of sp³-hybridized carbons (Fsp3) is 0.462. The Hall–Kier alpha value is -1.43. The molecule has 0 radical (unpaired) electrons. The van der Waals surface area contributed by atoms with Crippen molar-refractivity contribution in [3.63, 3.8) is 0 Å². The van der Waals surface area contributed by atoms with E-state index in [0.29, 0.717) is 13.0 Å². The molecule has 110 valence electrons. The second-order valence-corrected chi connectivity index (χ2v) is 5.26. The van der Waals surface area contributed by atoms with Crippen LogP contribution in [0, 0.1) is 0 Å². The zero-order valence-electron chi connectivity index (χ0n) is 10.8. The highest BCUT2D eigenvalue weighted by Crippen LogP contribution is 2.33. The maximum absolute atomic E-state index is 12.7. The fourth-order valence-corrected chi connectivity index (χ4v) is 2.44. The number of carbonyl (C=O) groups excluding carboxylic acids is 1. The number of rotatable bonds is 2. The first kappa shape index (κ1) is 15.0. The molecule has 1 saturated heterocycles. The van der Waals surface area contributed by atoms with Gasteiger partial charge < -0.3 is 10.2 Å². The van der Waals surface area contributed by atoms with Crippen LogP contribution in [0.25, 0.3) is 0 Å². The Labute approximate surface area is 119 Å². The summed E-state index contributed by atoms with van der Waals surface area (Å²) in [7, 11) is 1.68. The summed E-state index contributed by atoms with van der Waals surface area (Å²) in [5.41, 5.74) is -0.623. The van der Waals surface area contributed by atoms with E-state index in [1.807, 2.05) is 0 Å². The van der Waals surface area contributed by atoms with Crippen molar-refractivity contribution in [1.29, 1.82) is 0 Å². The lowest BCUT2D eigenvalue weighted by Crippen LogP contribution is -2.45. The Kier molecular flexibility index (Phi) is 4.13. The molecule has 20 heavy (non-hydrogen) atoms. The minimum atomic E-state index is -4.46. The number of hydrogen-bond donors (Lipinski definition) is 1. The van der Waals surface area contributed by atoms with Crippen molar-refractivity contribution in [2.45, 2.75) is 25.1 Å². The highest BCUT2D eigenvalue weighted by atomic mass is 35.5. The molecule has 1 aliphatic heterocycles. The van der Waals surface area contributed by atoms with Gasteiger partial charge in [-0.3, -0.25) is 4.79 Å². The van der Waals surface area contributed by atoms with Crippen LogP contribution >= 0.6 is 11.6 Å². The molecule has 1 N–H and O–H groups in total. The molecule has 1 atom stereocenters. The average molecular weight is 307 g/mol. The van der Waals surface area contributed by atoms with Gasteiger partial charge in [-0.25, -0.2) is 0 Å². The molecule has 1 fully saturated rings. The Morgan fingerprint density at radius 3 is 2.70 bits per heavy atom. The average Bonchev–Trinajstić information content (AvgIpc) is 2.33. The first-order valence-electron chi connectivity index (χ1n) is 6.16. The van der Waals surface area contributed by atoms with Crippen LogP contribution in [0.1, 0.15) is 18.4 Å². The molecule has 1 aromatic carbocycles. The summed E-state index contributed by atoms with van der Waals surface area (Å²) in [5.74, 6) is -0.121. The first-order valence-corrected chi connectivity index (χ1v) is 6.54. The van der Waals surface area contributed by atoms with E-state index in [1.165, 1.54) is 6.07 Å². The van der Waals surface area contributed by atoms with Crippen LogP contribution in [0.3, 0.4) is 0 Å². The third kappa shape index (κ3) is 3.36. The van der Waals surface area contributed by atoms with E-state index in [-0.39, 0.29) is 16.6 Å². The van der Waals surface area contributed by atoms with Crippen LogP contribution in [-0.4, -0.2) is 30.4 Å². The van der Waals surface area contributed by atoms with Gasteiger partial charge in [0.1, 0.15) is 6.04 Å². The Morgan fingerprint density at radius 2 is 2.05 bits per heavy atom. The lowest BCUT2D eigenvalue weighted by Gasteiger charge is -2.30. The van der Waals surface area contributed by atoms with Gasteiger partial charge in [-0.05, 0) is 31.0 Å². The van der Waals surface area contributed by atoms with Crippen LogP contribution < -0.4 is 5.32 Å². The smallest absolute Gasteiger partial charge is 0.374 e. The zero-order chi connectivity index (χ0) is 14.9. The van der Waals surface area contributed by atoms with Crippen LogP contribution in [0.4, 0.5) is 18.9 Å². The molecule has 0 saturated carbocycles. The van der Waals surface area contributed by atoms with Crippen LogP contribution in [0.5, 0.6) is 0 Å². The number of carbonyl (C=O) groups is 1. The molecule has 0 spiro atoms. The topological polar surface area (TPSA) is 32.3 Å². The number of hydrogen-bond acceptors (Lipinski definition) is 2. The molecule has 2 rings (SSSR count). The summed E-state index contributed by atoms with van der Waals surface area (Å²) < 4.78 is 38.1. The van der Waals surface area contributed by atoms with Gasteiger partial charge in [-0.2, -0.15) is 13.2 Å². The molecule has 1 aromatic rings. The van der Waals surface area contributed by atoms with Crippen molar-refractivity contribution < 1.29 is 18.0 Å². The van der Waals surface area contributed by atoms with E-state index in [9.17, 15) is 18.0 Å². The molecule has 1 amide bonds. The molecule has 1 heterocycles. The van der Waals surface area contributed by atoms with Gasteiger partial charge in [0.2, 0.25) is 5.91 Å². The van der Waals surface area contributed by atoms with Gasteiger partial charge in [0.15, 0.2) is 0 Å². The third-order valence-electron chi connectivity index (χ3n) is 3.23. The van der Waals surface area contributed by atoms with Crippen LogP contribution in [-0.2, 0) is 11.0 Å². The van der Waals surface area contributed by atoms with Crippen molar-refractivity contribution in [3.05, 3.63) is 28.8 Å². The molecule has 0 aliphatic carbocycles. The number of nitrogens with one attached hydrogen (secondary N) is 1. The van der Waals surface area contributed by atoms with E-state index in [0.717, 1.165) is 18.6 Å². The SMILES string of the molecule is CN1CCCC(Nc2cc(Cl)cc(C(F)(F)F)c2)C1=O. The molecule has 0 aromatic heterocycles. The Balaban J connectivity index is 2.21. The number of amides is 1. The van der Waals surface area contributed by atoms with E-state index in [2.05, 4.69) is 5.32 Å². The number of anilines is 1. The number of likely N-dealkylation sites (N-methyl/N-ethyl adjacent to an activating group) is 1. The van der Waals surface area contributed by atoms with Crippen molar-refractivity contribution in [2.75, 3.05) is 18.9 Å². The van der Waals surface area contributed by atoms with E-state index in [4.69, 9.17) is 11.6 Å². The quantitative estimate of drug-likeness (QED) is 0.908. The molecule has 7 heteroatoms. The van der Waals surface area contributed by atoms with E-state index >= 15 is 0 Å². The number of benzene rings is 1. The summed E-state index contributed by atoms with van der Waals surface area (Å²) in [6.07, 6.45) is -3.06. The molecule has 1 aliphatic rings. The van der Waals surface area contributed by atoms with Gasteiger partial charge in [0.05, 0.1) is 5.56 Å². The van der Waals surface area contributed by atoms with Gasteiger partial charge in [-0.1, -0.05) is 11.6 Å². The molecular weight excluding hydrogens is 293 g/mol. The van der Waals surface area contributed by atoms with Gasteiger partial charge in [-0.15, -0.1) is 0 Å². The number of piperidine rings is 1. The van der Waals surface area contributed by atoms with Gasteiger partial charge in [0, 0.05) is 24.3 Å². The van der Waals surface area contributed by atoms with E-state index in [1.54, 1.807) is 11.9 Å². The van der Waals surface area contributed by atoms with Crippen molar-refractivity contribution >= 4 is 23.2 Å². The summed E-state index contributed by atoms with van der Waals surface area (Å²) >= 11 is 5.70. The molecule has 1 unspecified atom stereocenters. The maximum Gasteiger partial charge on any atom is 0.416 e. The Bertz CT molecular complexity index is 519. The predicted octanol–water partition coefficient (Wildman–Crippen LogP) is 3.39. The fourth-order valence-electron chi connectivity index (χ4n) is 2.20. The normalized spacial score (nSPS) is 20.1. The number of nitrogens with zero attached hydrogens (tertiary/aromatic N) is 1. The molecule has 0 bridgehead atoms. The minimum absolute atomic E-state index is 0.0149. The number of alkyl halides is 3. The zero-order valence-corrected chi connectivity index (χ0v) is 11.6. The standard InChI is InChI=1S/C13H14ClF3N2O/c1-19-4-2-3-11(12(19)20)18-10-6-8(13(15,16)17)5-9(14)7-10/h5-7,11,18H,2-4H2,1H3. The summed E-state index contributed by atoms with van der Waals surface area (Å²) in [4.78, 5) is 13.5. The second kappa shape index (κ2) is 5.52. The van der Waals surface area contributed by atoms with Crippen molar-refractivity contribution in [1.82, 2.24) is 4.90 Å². The summed E-state index contributed by atoms with van der Waals surface area (Å²) in [5, 5.41) is 2.82. The molecule has 3 nitrogen and oxygen atoms in total. The number of likely N-dealkylation sites (tertiary alicyclic amines) is 1. The first-order chi connectivity index (χ1) is 9.27. The summed E-state index contributed by atoms with van der Waals surface area (Å²) in [6, 6.07) is 2.71. The number of halogens is 4. The molecular formula is C13H14ClF3N2O. The largest absolute Gasteiger partial charge is 0.416 e.